The largest absolute Gasteiger partial charge is 0.388 e. The molecule has 1 aliphatic rings. The molecule has 1 unspecified atom stereocenters. The molecule has 2 aromatic carbocycles. The predicted octanol–water partition coefficient (Wildman–Crippen LogP) is 3.82. The predicted molar refractivity (Wildman–Crippen MR) is 83.8 cm³/mol. The lowest BCUT2D eigenvalue weighted by molar-refractivity contribution is 0.164. The quantitative estimate of drug-likeness (QED) is 0.841. The minimum absolute atomic E-state index is 0.225. The molecule has 0 aromatic heterocycles. The van der Waals surface area contributed by atoms with Crippen LogP contribution in [0.4, 0.5) is 16.2 Å². The van der Waals surface area contributed by atoms with Crippen molar-refractivity contribution in [3.63, 3.8) is 0 Å². The summed E-state index contributed by atoms with van der Waals surface area (Å²) in [6, 6.07) is 14.2. The number of aliphatic hydroxyl groups is 1. The summed E-state index contributed by atoms with van der Waals surface area (Å²) in [7, 11) is 0. The Bertz CT molecular complexity index is 675. The van der Waals surface area contributed by atoms with E-state index >= 15 is 0 Å². The summed E-state index contributed by atoms with van der Waals surface area (Å²) >= 11 is 5.92. The number of hydrogen-bond donors (Lipinski definition) is 2. The van der Waals surface area contributed by atoms with Crippen molar-refractivity contribution < 1.29 is 9.90 Å². The number of urea groups is 1. The Labute approximate surface area is 128 Å². The summed E-state index contributed by atoms with van der Waals surface area (Å²) < 4.78 is 0. The zero-order chi connectivity index (χ0) is 14.8. The molecule has 0 spiro atoms. The fourth-order valence-corrected chi connectivity index (χ4v) is 2.70. The third-order valence-electron chi connectivity index (χ3n) is 3.53. The summed E-state index contributed by atoms with van der Waals surface area (Å²) in [6.07, 6.45) is 0.0106. The van der Waals surface area contributed by atoms with Gasteiger partial charge in [-0.1, -0.05) is 35.9 Å². The number of halogens is 1. The minimum atomic E-state index is -0.517. The van der Waals surface area contributed by atoms with E-state index in [4.69, 9.17) is 11.6 Å². The SMILES string of the molecule is O=C(Nc1cccc(Cl)c1)N1CCC(O)c2ccccc21. The number of benzene rings is 2. The van der Waals surface area contributed by atoms with Crippen molar-refractivity contribution in [2.75, 3.05) is 16.8 Å². The Balaban J connectivity index is 1.84. The average Bonchev–Trinajstić information content (AvgIpc) is 2.48. The first kappa shape index (κ1) is 13.9. The van der Waals surface area contributed by atoms with Gasteiger partial charge in [-0.25, -0.2) is 4.79 Å². The molecule has 2 aromatic rings. The van der Waals surface area contributed by atoms with E-state index in [0.717, 1.165) is 11.3 Å². The van der Waals surface area contributed by atoms with Gasteiger partial charge in [0.15, 0.2) is 0 Å². The summed E-state index contributed by atoms with van der Waals surface area (Å²) in [5.41, 5.74) is 2.18. The van der Waals surface area contributed by atoms with Crippen LogP contribution in [-0.4, -0.2) is 17.7 Å². The fraction of sp³-hybridized carbons (Fsp3) is 0.188. The van der Waals surface area contributed by atoms with Crippen LogP contribution >= 0.6 is 11.6 Å². The molecule has 0 saturated heterocycles. The van der Waals surface area contributed by atoms with Gasteiger partial charge in [-0.3, -0.25) is 4.90 Å². The van der Waals surface area contributed by atoms with E-state index in [-0.39, 0.29) is 6.03 Å². The molecule has 0 aliphatic carbocycles. The van der Waals surface area contributed by atoms with E-state index in [2.05, 4.69) is 5.32 Å². The fourth-order valence-electron chi connectivity index (χ4n) is 2.51. The first-order valence-electron chi connectivity index (χ1n) is 6.76. The second kappa shape index (κ2) is 5.76. The van der Waals surface area contributed by atoms with Crippen LogP contribution in [0, 0.1) is 0 Å². The molecule has 108 valence electrons. The first-order valence-corrected chi connectivity index (χ1v) is 7.14. The molecule has 0 radical (unpaired) electrons. The molecule has 0 bridgehead atoms. The molecule has 0 saturated carbocycles. The Hall–Kier alpha value is -2.04. The third kappa shape index (κ3) is 2.86. The number of para-hydroxylation sites is 1. The number of nitrogens with zero attached hydrogens (tertiary/aromatic N) is 1. The monoisotopic (exact) mass is 302 g/mol. The minimum Gasteiger partial charge on any atom is -0.388 e. The molecule has 5 heteroatoms. The van der Waals surface area contributed by atoms with E-state index in [9.17, 15) is 9.90 Å². The van der Waals surface area contributed by atoms with E-state index in [1.807, 2.05) is 24.3 Å². The van der Waals surface area contributed by atoms with Crippen molar-refractivity contribution in [2.24, 2.45) is 0 Å². The van der Waals surface area contributed by atoms with Crippen LogP contribution in [0.3, 0.4) is 0 Å². The Morgan fingerprint density at radius 1 is 1.24 bits per heavy atom. The highest BCUT2D eigenvalue weighted by Gasteiger charge is 2.27. The van der Waals surface area contributed by atoms with Crippen LogP contribution in [0.25, 0.3) is 0 Å². The summed E-state index contributed by atoms with van der Waals surface area (Å²) in [5, 5.41) is 13.4. The number of anilines is 2. The highest BCUT2D eigenvalue weighted by Crippen LogP contribution is 2.33. The lowest BCUT2D eigenvalue weighted by Gasteiger charge is -2.32. The van der Waals surface area contributed by atoms with Crippen LogP contribution in [-0.2, 0) is 0 Å². The van der Waals surface area contributed by atoms with Gasteiger partial charge in [-0.15, -0.1) is 0 Å². The number of hydrogen-bond acceptors (Lipinski definition) is 2. The molecular weight excluding hydrogens is 288 g/mol. The Morgan fingerprint density at radius 2 is 2.05 bits per heavy atom. The number of fused-ring (bicyclic) bond motifs is 1. The van der Waals surface area contributed by atoms with Crippen LogP contribution in [0.5, 0.6) is 0 Å². The van der Waals surface area contributed by atoms with Gasteiger partial charge in [0.25, 0.3) is 0 Å². The normalized spacial score (nSPS) is 17.2. The van der Waals surface area contributed by atoms with Gasteiger partial charge >= 0.3 is 6.03 Å². The van der Waals surface area contributed by atoms with Crippen LogP contribution in [0.2, 0.25) is 5.02 Å². The number of carbonyl (C=O) groups excluding carboxylic acids is 1. The van der Waals surface area contributed by atoms with E-state index < -0.39 is 6.10 Å². The number of rotatable bonds is 1. The molecule has 2 amide bonds. The molecular formula is C16H15ClN2O2. The van der Waals surface area contributed by atoms with Crippen molar-refractivity contribution in [3.8, 4) is 0 Å². The van der Waals surface area contributed by atoms with Crippen molar-refractivity contribution in [2.45, 2.75) is 12.5 Å². The van der Waals surface area contributed by atoms with Crippen molar-refractivity contribution in [1.29, 1.82) is 0 Å². The van der Waals surface area contributed by atoms with E-state index in [0.29, 0.717) is 23.7 Å². The summed E-state index contributed by atoms with van der Waals surface area (Å²) in [5.74, 6) is 0. The summed E-state index contributed by atoms with van der Waals surface area (Å²) in [4.78, 5) is 14.1. The topological polar surface area (TPSA) is 52.6 Å². The van der Waals surface area contributed by atoms with Gasteiger partial charge in [0, 0.05) is 22.8 Å². The van der Waals surface area contributed by atoms with Gasteiger partial charge in [-0.2, -0.15) is 0 Å². The average molecular weight is 303 g/mol. The van der Waals surface area contributed by atoms with E-state index in [1.54, 1.807) is 29.2 Å². The number of nitrogens with one attached hydrogen (secondary N) is 1. The first-order chi connectivity index (χ1) is 10.1. The molecule has 3 rings (SSSR count). The highest BCUT2D eigenvalue weighted by molar-refractivity contribution is 6.30. The molecule has 1 atom stereocenters. The van der Waals surface area contributed by atoms with Gasteiger partial charge in [0.2, 0.25) is 0 Å². The van der Waals surface area contributed by atoms with Crippen molar-refractivity contribution >= 4 is 29.0 Å². The van der Waals surface area contributed by atoms with E-state index in [1.165, 1.54) is 0 Å². The molecule has 4 nitrogen and oxygen atoms in total. The summed E-state index contributed by atoms with van der Waals surface area (Å²) in [6.45, 7) is 0.477. The van der Waals surface area contributed by atoms with Crippen LogP contribution in [0.15, 0.2) is 48.5 Å². The van der Waals surface area contributed by atoms with Crippen molar-refractivity contribution in [3.05, 3.63) is 59.1 Å². The van der Waals surface area contributed by atoms with Gasteiger partial charge in [0.1, 0.15) is 0 Å². The molecule has 2 N–H and O–H groups in total. The zero-order valence-electron chi connectivity index (χ0n) is 11.3. The maximum absolute atomic E-state index is 12.4. The number of amides is 2. The standard InChI is InChI=1S/C16H15ClN2O2/c17-11-4-3-5-12(10-11)18-16(21)19-9-8-15(20)13-6-1-2-7-14(13)19/h1-7,10,15,20H,8-9H2,(H,18,21). The molecule has 21 heavy (non-hydrogen) atoms. The number of aliphatic hydroxyl groups excluding tert-OH is 1. The second-order valence-electron chi connectivity index (χ2n) is 4.96. The maximum Gasteiger partial charge on any atom is 0.326 e. The van der Waals surface area contributed by atoms with Gasteiger partial charge in [-0.05, 0) is 30.7 Å². The van der Waals surface area contributed by atoms with Crippen LogP contribution in [0.1, 0.15) is 18.1 Å². The van der Waals surface area contributed by atoms with Crippen molar-refractivity contribution in [1.82, 2.24) is 0 Å². The smallest absolute Gasteiger partial charge is 0.326 e. The number of carbonyl (C=O) groups is 1. The Kier molecular flexibility index (Phi) is 3.82. The lowest BCUT2D eigenvalue weighted by atomic mass is 9.99. The molecule has 1 heterocycles. The zero-order valence-corrected chi connectivity index (χ0v) is 12.0. The highest BCUT2D eigenvalue weighted by atomic mass is 35.5. The Morgan fingerprint density at radius 3 is 2.86 bits per heavy atom. The van der Waals surface area contributed by atoms with Gasteiger partial charge < -0.3 is 10.4 Å². The van der Waals surface area contributed by atoms with Gasteiger partial charge in [0.05, 0.1) is 11.8 Å². The molecule has 0 fully saturated rings. The maximum atomic E-state index is 12.4. The van der Waals surface area contributed by atoms with Crippen LogP contribution < -0.4 is 10.2 Å². The lowest BCUT2D eigenvalue weighted by Crippen LogP contribution is -2.39. The third-order valence-corrected chi connectivity index (χ3v) is 3.77. The molecule has 1 aliphatic heterocycles. The second-order valence-corrected chi connectivity index (χ2v) is 5.39.